The maximum atomic E-state index is 4.55. The summed E-state index contributed by atoms with van der Waals surface area (Å²) in [5.74, 6) is 0.981. The number of imidazole rings is 1. The number of rotatable bonds is 6. The van der Waals surface area contributed by atoms with E-state index >= 15 is 0 Å². The van der Waals surface area contributed by atoms with Crippen molar-refractivity contribution >= 4 is 5.95 Å². The SMILES string of the molecule is Cc1cn(C(C)C)c(NCC(C)(C)CN(C)C)n1. The van der Waals surface area contributed by atoms with E-state index in [0.29, 0.717) is 6.04 Å². The van der Waals surface area contributed by atoms with Crippen LogP contribution in [0.1, 0.15) is 39.4 Å². The quantitative estimate of drug-likeness (QED) is 0.845. The highest BCUT2D eigenvalue weighted by Gasteiger charge is 2.20. The van der Waals surface area contributed by atoms with Crippen LogP contribution < -0.4 is 5.32 Å². The van der Waals surface area contributed by atoms with Gasteiger partial charge in [-0.05, 0) is 40.3 Å². The Morgan fingerprint density at radius 2 is 2.00 bits per heavy atom. The van der Waals surface area contributed by atoms with Crippen molar-refractivity contribution in [1.82, 2.24) is 14.5 Å². The molecular formula is C14H28N4. The molecule has 18 heavy (non-hydrogen) atoms. The first kappa shape index (κ1) is 15.0. The predicted octanol–water partition coefficient (Wildman–Crippen LogP) is 2.77. The van der Waals surface area contributed by atoms with E-state index in [-0.39, 0.29) is 5.41 Å². The first-order chi connectivity index (χ1) is 8.21. The molecule has 1 aromatic heterocycles. The Balaban J connectivity index is 2.68. The molecule has 0 fully saturated rings. The highest BCUT2D eigenvalue weighted by atomic mass is 15.2. The molecule has 0 radical (unpaired) electrons. The summed E-state index contributed by atoms with van der Waals surface area (Å²) in [6.45, 7) is 12.9. The highest BCUT2D eigenvalue weighted by molar-refractivity contribution is 5.29. The van der Waals surface area contributed by atoms with Crippen LogP contribution in [-0.4, -0.2) is 41.6 Å². The van der Waals surface area contributed by atoms with Crippen LogP contribution in [0.15, 0.2) is 6.20 Å². The molecule has 0 spiro atoms. The predicted molar refractivity (Wildman–Crippen MR) is 78.2 cm³/mol. The topological polar surface area (TPSA) is 33.1 Å². The zero-order valence-electron chi connectivity index (χ0n) is 12.9. The van der Waals surface area contributed by atoms with Gasteiger partial charge in [-0.2, -0.15) is 0 Å². The fourth-order valence-electron chi connectivity index (χ4n) is 2.27. The Morgan fingerprint density at radius 3 is 2.50 bits per heavy atom. The molecule has 0 aromatic carbocycles. The fourth-order valence-corrected chi connectivity index (χ4v) is 2.27. The molecule has 1 heterocycles. The summed E-state index contributed by atoms with van der Waals surface area (Å²) in [7, 11) is 4.22. The second kappa shape index (κ2) is 5.74. The molecular weight excluding hydrogens is 224 g/mol. The van der Waals surface area contributed by atoms with Crippen LogP contribution in [0.5, 0.6) is 0 Å². The number of anilines is 1. The largest absolute Gasteiger partial charge is 0.355 e. The molecule has 1 rings (SSSR count). The molecule has 0 aliphatic carbocycles. The maximum Gasteiger partial charge on any atom is 0.203 e. The van der Waals surface area contributed by atoms with Gasteiger partial charge >= 0.3 is 0 Å². The Bertz CT molecular complexity index is 377. The van der Waals surface area contributed by atoms with Gasteiger partial charge < -0.3 is 14.8 Å². The monoisotopic (exact) mass is 252 g/mol. The first-order valence-corrected chi connectivity index (χ1v) is 6.65. The lowest BCUT2D eigenvalue weighted by molar-refractivity contribution is 0.253. The van der Waals surface area contributed by atoms with E-state index < -0.39 is 0 Å². The van der Waals surface area contributed by atoms with E-state index in [4.69, 9.17) is 0 Å². The normalized spacial score (nSPS) is 12.5. The van der Waals surface area contributed by atoms with Crippen molar-refractivity contribution in [2.24, 2.45) is 5.41 Å². The Hall–Kier alpha value is -1.03. The molecule has 0 atom stereocenters. The van der Waals surface area contributed by atoms with Gasteiger partial charge in [0.25, 0.3) is 0 Å². The third-order valence-corrected chi connectivity index (χ3v) is 2.88. The minimum atomic E-state index is 0.227. The average Bonchev–Trinajstić information content (AvgIpc) is 2.55. The number of nitrogens with one attached hydrogen (secondary N) is 1. The minimum absolute atomic E-state index is 0.227. The molecule has 0 aliphatic heterocycles. The highest BCUT2D eigenvalue weighted by Crippen LogP contribution is 2.20. The Kier molecular flexibility index (Phi) is 4.79. The lowest BCUT2D eigenvalue weighted by atomic mass is 9.93. The van der Waals surface area contributed by atoms with Gasteiger partial charge in [0.1, 0.15) is 0 Å². The molecule has 0 aliphatic rings. The second-order valence-corrected chi connectivity index (χ2v) is 6.46. The van der Waals surface area contributed by atoms with Crippen molar-refractivity contribution in [3.05, 3.63) is 11.9 Å². The van der Waals surface area contributed by atoms with Crippen LogP contribution in [0, 0.1) is 12.3 Å². The summed E-state index contributed by atoms with van der Waals surface area (Å²) in [5, 5.41) is 3.49. The van der Waals surface area contributed by atoms with Crippen LogP contribution in [0.3, 0.4) is 0 Å². The molecule has 104 valence electrons. The summed E-state index contributed by atoms with van der Waals surface area (Å²) in [6, 6.07) is 0.436. The number of hydrogen-bond donors (Lipinski definition) is 1. The van der Waals surface area contributed by atoms with Gasteiger partial charge in [0.15, 0.2) is 0 Å². The van der Waals surface area contributed by atoms with Crippen molar-refractivity contribution < 1.29 is 0 Å². The molecule has 0 saturated carbocycles. The number of aromatic nitrogens is 2. The molecule has 0 bridgehead atoms. The van der Waals surface area contributed by atoms with Gasteiger partial charge in [-0.25, -0.2) is 4.98 Å². The number of nitrogens with zero attached hydrogens (tertiary/aromatic N) is 3. The number of aryl methyl sites for hydroxylation is 1. The van der Waals surface area contributed by atoms with Gasteiger partial charge in [0.2, 0.25) is 5.95 Å². The fraction of sp³-hybridized carbons (Fsp3) is 0.786. The van der Waals surface area contributed by atoms with Gasteiger partial charge in [-0.3, -0.25) is 0 Å². The van der Waals surface area contributed by atoms with Crippen molar-refractivity contribution in [3.8, 4) is 0 Å². The summed E-state index contributed by atoms with van der Waals surface area (Å²) >= 11 is 0. The average molecular weight is 252 g/mol. The van der Waals surface area contributed by atoms with E-state index in [0.717, 1.165) is 24.7 Å². The zero-order chi connectivity index (χ0) is 13.9. The maximum absolute atomic E-state index is 4.55. The lowest BCUT2D eigenvalue weighted by Crippen LogP contribution is -2.34. The van der Waals surface area contributed by atoms with E-state index in [1.807, 2.05) is 6.92 Å². The van der Waals surface area contributed by atoms with Gasteiger partial charge in [0, 0.05) is 25.3 Å². The van der Waals surface area contributed by atoms with Crippen molar-refractivity contribution in [2.45, 2.75) is 40.7 Å². The number of hydrogen-bond acceptors (Lipinski definition) is 3. The van der Waals surface area contributed by atoms with E-state index in [1.165, 1.54) is 0 Å². The molecule has 0 unspecified atom stereocenters. The standard InChI is InChI=1S/C14H28N4/c1-11(2)18-8-12(3)16-13(18)15-9-14(4,5)10-17(6)7/h8,11H,9-10H2,1-7H3,(H,15,16). The van der Waals surface area contributed by atoms with Crippen molar-refractivity contribution in [3.63, 3.8) is 0 Å². The third kappa shape index (κ3) is 4.33. The minimum Gasteiger partial charge on any atom is -0.355 e. The summed E-state index contributed by atoms with van der Waals surface area (Å²) in [6.07, 6.45) is 2.10. The molecule has 1 N–H and O–H groups in total. The Morgan fingerprint density at radius 1 is 1.39 bits per heavy atom. The molecule has 4 nitrogen and oxygen atoms in total. The third-order valence-electron chi connectivity index (χ3n) is 2.88. The lowest BCUT2D eigenvalue weighted by Gasteiger charge is -2.29. The Labute approximate surface area is 111 Å². The van der Waals surface area contributed by atoms with Crippen LogP contribution in [0.4, 0.5) is 5.95 Å². The van der Waals surface area contributed by atoms with Gasteiger partial charge in [-0.1, -0.05) is 13.8 Å². The van der Waals surface area contributed by atoms with E-state index in [9.17, 15) is 0 Å². The van der Waals surface area contributed by atoms with Gasteiger partial charge in [0.05, 0.1) is 5.69 Å². The molecule has 0 saturated heterocycles. The zero-order valence-corrected chi connectivity index (χ0v) is 12.9. The second-order valence-electron chi connectivity index (χ2n) is 6.46. The van der Waals surface area contributed by atoms with Crippen LogP contribution in [0.2, 0.25) is 0 Å². The van der Waals surface area contributed by atoms with Crippen LogP contribution in [0.25, 0.3) is 0 Å². The van der Waals surface area contributed by atoms with Crippen LogP contribution >= 0.6 is 0 Å². The van der Waals surface area contributed by atoms with Crippen molar-refractivity contribution in [1.29, 1.82) is 0 Å². The molecule has 1 aromatic rings. The van der Waals surface area contributed by atoms with E-state index in [1.54, 1.807) is 0 Å². The smallest absolute Gasteiger partial charge is 0.203 e. The van der Waals surface area contributed by atoms with E-state index in [2.05, 4.69) is 67.8 Å². The van der Waals surface area contributed by atoms with Gasteiger partial charge in [-0.15, -0.1) is 0 Å². The van der Waals surface area contributed by atoms with Crippen LogP contribution in [-0.2, 0) is 0 Å². The molecule has 4 heteroatoms. The van der Waals surface area contributed by atoms with Crippen molar-refractivity contribution in [2.75, 3.05) is 32.5 Å². The summed E-state index contributed by atoms with van der Waals surface area (Å²) in [4.78, 5) is 6.78. The molecule has 0 amide bonds. The summed E-state index contributed by atoms with van der Waals surface area (Å²) < 4.78 is 2.20. The first-order valence-electron chi connectivity index (χ1n) is 6.65. The summed E-state index contributed by atoms with van der Waals surface area (Å²) in [5.41, 5.74) is 1.29.